The Morgan fingerprint density at radius 2 is 1.70 bits per heavy atom. The van der Waals surface area contributed by atoms with Gasteiger partial charge < -0.3 is 21.1 Å². The highest BCUT2D eigenvalue weighted by Crippen LogP contribution is 2.29. The number of benzene rings is 2. The van der Waals surface area contributed by atoms with Crippen LogP contribution >= 0.6 is 0 Å². The van der Waals surface area contributed by atoms with Crippen LogP contribution in [0.25, 0.3) is 0 Å². The van der Waals surface area contributed by atoms with Crippen molar-refractivity contribution < 1.29 is 9.53 Å². The van der Waals surface area contributed by atoms with Crippen LogP contribution < -0.4 is 16.4 Å². The van der Waals surface area contributed by atoms with E-state index in [1.165, 1.54) is 11.9 Å². The third-order valence-electron chi connectivity index (χ3n) is 4.45. The van der Waals surface area contributed by atoms with Crippen molar-refractivity contribution in [2.75, 3.05) is 23.0 Å². The highest BCUT2D eigenvalue weighted by molar-refractivity contribution is 5.90. The van der Waals surface area contributed by atoms with Crippen molar-refractivity contribution in [3.8, 4) is 0 Å². The van der Waals surface area contributed by atoms with Crippen molar-refractivity contribution >= 4 is 34.7 Å². The Hall–Kier alpha value is -3.61. The Morgan fingerprint density at radius 3 is 2.33 bits per heavy atom. The van der Waals surface area contributed by atoms with E-state index in [1.807, 2.05) is 39.8 Å². The molecule has 0 unspecified atom stereocenters. The van der Waals surface area contributed by atoms with Crippen molar-refractivity contribution in [3.63, 3.8) is 0 Å². The molecule has 3 aromatic rings. The molecule has 0 spiro atoms. The maximum atomic E-state index is 12.0. The minimum Gasteiger partial charge on any atom is -0.462 e. The van der Waals surface area contributed by atoms with Gasteiger partial charge in [-0.05, 0) is 55.7 Å². The lowest BCUT2D eigenvalue weighted by atomic mass is 10.1. The fraction of sp³-hybridized carbons (Fsp3) is 0.261. The summed E-state index contributed by atoms with van der Waals surface area (Å²) < 4.78 is 5.25. The monoisotopic (exact) mass is 405 g/mol. The molecule has 7 heteroatoms. The van der Waals surface area contributed by atoms with Gasteiger partial charge in [-0.25, -0.2) is 14.8 Å². The van der Waals surface area contributed by atoms with Crippen molar-refractivity contribution in [3.05, 3.63) is 65.5 Å². The van der Waals surface area contributed by atoms with Crippen LogP contribution in [0, 0.1) is 19.8 Å². The van der Waals surface area contributed by atoms with Gasteiger partial charge in [0, 0.05) is 11.4 Å². The van der Waals surface area contributed by atoms with Crippen LogP contribution in [0.3, 0.4) is 0 Å². The van der Waals surface area contributed by atoms with Crippen molar-refractivity contribution in [1.82, 2.24) is 9.97 Å². The molecule has 0 saturated carbocycles. The normalized spacial score (nSPS) is 10.7. The van der Waals surface area contributed by atoms with E-state index >= 15 is 0 Å². The first-order valence-corrected chi connectivity index (χ1v) is 9.82. The number of hydrogen-bond acceptors (Lipinski definition) is 7. The summed E-state index contributed by atoms with van der Waals surface area (Å²) in [7, 11) is 0. The molecule has 2 aromatic carbocycles. The molecule has 0 aliphatic carbocycles. The first-order valence-electron chi connectivity index (χ1n) is 9.82. The number of esters is 1. The number of nitrogens with one attached hydrogen (secondary N) is 2. The van der Waals surface area contributed by atoms with Gasteiger partial charge >= 0.3 is 5.97 Å². The molecule has 0 amide bonds. The topological polar surface area (TPSA) is 102 Å². The summed E-state index contributed by atoms with van der Waals surface area (Å²) in [6.07, 6.45) is 1.45. The number of aryl methyl sites for hydroxylation is 2. The standard InChI is InChI=1S/C23H27N5O2/c1-14(2)12-30-23(29)17-6-8-18(9-7-17)27-21-20(24)22(26-13-25-21)28-19-10-5-15(3)11-16(19)4/h5-11,13-14H,12,24H2,1-4H3,(H2,25,26,27,28). The fourth-order valence-electron chi connectivity index (χ4n) is 2.83. The Kier molecular flexibility index (Phi) is 6.51. The van der Waals surface area contributed by atoms with Crippen LogP contribution in [0.2, 0.25) is 0 Å². The Morgan fingerprint density at radius 1 is 1.03 bits per heavy atom. The number of nitrogen functional groups attached to an aromatic ring is 1. The Labute approximate surface area is 176 Å². The van der Waals surface area contributed by atoms with Crippen LogP contribution in [-0.2, 0) is 4.74 Å². The number of nitrogens with two attached hydrogens (primary N) is 1. The van der Waals surface area contributed by atoms with Crippen LogP contribution in [0.5, 0.6) is 0 Å². The predicted molar refractivity (Wildman–Crippen MR) is 120 cm³/mol. The Balaban J connectivity index is 1.73. The average Bonchev–Trinajstić information content (AvgIpc) is 2.71. The maximum Gasteiger partial charge on any atom is 0.338 e. The number of carbonyl (C=O) groups is 1. The van der Waals surface area contributed by atoms with E-state index in [1.54, 1.807) is 24.3 Å². The van der Waals surface area contributed by atoms with E-state index < -0.39 is 0 Å². The van der Waals surface area contributed by atoms with Gasteiger partial charge in [0.2, 0.25) is 0 Å². The fourth-order valence-corrected chi connectivity index (χ4v) is 2.83. The van der Waals surface area contributed by atoms with Crippen molar-refractivity contribution in [1.29, 1.82) is 0 Å². The van der Waals surface area contributed by atoms with Gasteiger partial charge in [-0.2, -0.15) is 0 Å². The molecular weight excluding hydrogens is 378 g/mol. The Bertz CT molecular complexity index is 1030. The van der Waals surface area contributed by atoms with Gasteiger partial charge in [0.15, 0.2) is 11.6 Å². The number of rotatable bonds is 7. The number of nitrogens with zero attached hydrogens (tertiary/aromatic N) is 2. The van der Waals surface area contributed by atoms with Crippen LogP contribution in [0.4, 0.5) is 28.7 Å². The van der Waals surface area contributed by atoms with Crippen LogP contribution in [0.15, 0.2) is 48.8 Å². The summed E-state index contributed by atoms with van der Waals surface area (Å²) in [5, 5.41) is 6.43. The molecule has 0 aliphatic rings. The van der Waals surface area contributed by atoms with E-state index in [2.05, 4.69) is 26.7 Å². The smallest absolute Gasteiger partial charge is 0.338 e. The molecule has 7 nitrogen and oxygen atoms in total. The number of anilines is 5. The third kappa shape index (κ3) is 5.26. The van der Waals surface area contributed by atoms with Gasteiger partial charge in [0.1, 0.15) is 12.0 Å². The summed E-state index contributed by atoms with van der Waals surface area (Å²) in [6, 6.07) is 13.1. The zero-order valence-electron chi connectivity index (χ0n) is 17.7. The minimum atomic E-state index is -0.336. The zero-order chi connectivity index (χ0) is 21.7. The average molecular weight is 406 g/mol. The summed E-state index contributed by atoms with van der Waals surface area (Å²) >= 11 is 0. The van der Waals surface area contributed by atoms with E-state index in [0.29, 0.717) is 35.4 Å². The molecule has 156 valence electrons. The summed E-state index contributed by atoms with van der Waals surface area (Å²) in [5.41, 5.74) is 11.1. The van der Waals surface area contributed by atoms with Crippen molar-refractivity contribution in [2.45, 2.75) is 27.7 Å². The molecule has 3 rings (SSSR count). The molecule has 1 heterocycles. The zero-order valence-corrected chi connectivity index (χ0v) is 17.7. The molecule has 4 N–H and O–H groups in total. The van der Waals surface area contributed by atoms with E-state index in [4.69, 9.17) is 10.5 Å². The molecule has 30 heavy (non-hydrogen) atoms. The first-order chi connectivity index (χ1) is 14.3. The second-order valence-electron chi connectivity index (χ2n) is 7.62. The summed E-state index contributed by atoms with van der Waals surface area (Å²) in [4.78, 5) is 20.6. The highest BCUT2D eigenvalue weighted by atomic mass is 16.5. The second-order valence-corrected chi connectivity index (χ2v) is 7.62. The van der Waals surface area contributed by atoms with E-state index in [0.717, 1.165) is 16.9 Å². The maximum absolute atomic E-state index is 12.0. The second kappa shape index (κ2) is 9.26. The quantitative estimate of drug-likeness (QED) is 0.477. The first kappa shape index (κ1) is 21.1. The molecule has 0 atom stereocenters. The van der Waals surface area contributed by atoms with Gasteiger partial charge in [-0.15, -0.1) is 0 Å². The molecule has 0 radical (unpaired) electrons. The van der Waals surface area contributed by atoms with Gasteiger partial charge in [-0.1, -0.05) is 31.5 Å². The van der Waals surface area contributed by atoms with Crippen molar-refractivity contribution in [2.24, 2.45) is 5.92 Å². The van der Waals surface area contributed by atoms with Gasteiger partial charge in [-0.3, -0.25) is 0 Å². The van der Waals surface area contributed by atoms with Gasteiger partial charge in [0.25, 0.3) is 0 Å². The largest absolute Gasteiger partial charge is 0.462 e. The number of ether oxygens (including phenoxy) is 1. The summed E-state index contributed by atoms with van der Waals surface area (Å²) in [6.45, 7) is 8.46. The van der Waals surface area contributed by atoms with E-state index in [-0.39, 0.29) is 5.97 Å². The van der Waals surface area contributed by atoms with Crippen LogP contribution in [0.1, 0.15) is 35.3 Å². The SMILES string of the molecule is Cc1ccc(Nc2ncnc(Nc3ccc(C(=O)OCC(C)C)cc3)c2N)c(C)c1. The number of aromatic nitrogens is 2. The number of hydrogen-bond donors (Lipinski definition) is 3. The lowest BCUT2D eigenvalue weighted by molar-refractivity contribution is 0.0459. The lowest BCUT2D eigenvalue weighted by Crippen LogP contribution is -2.10. The third-order valence-corrected chi connectivity index (χ3v) is 4.45. The molecule has 1 aromatic heterocycles. The van der Waals surface area contributed by atoms with E-state index in [9.17, 15) is 4.79 Å². The predicted octanol–water partition coefficient (Wildman–Crippen LogP) is 4.98. The highest BCUT2D eigenvalue weighted by Gasteiger charge is 2.11. The number of carbonyl (C=O) groups excluding carboxylic acids is 1. The molecule has 0 aliphatic heterocycles. The summed E-state index contributed by atoms with van der Waals surface area (Å²) in [5.74, 6) is 0.958. The van der Waals surface area contributed by atoms with Gasteiger partial charge in [0.05, 0.1) is 12.2 Å². The molecule has 0 fully saturated rings. The van der Waals surface area contributed by atoms with Crippen LogP contribution in [-0.4, -0.2) is 22.5 Å². The molecule has 0 bridgehead atoms. The molecule has 0 saturated heterocycles. The minimum absolute atomic E-state index is 0.294. The lowest BCUT2D eigenvalue weighted by Gasteiger charge is -2.14. The molecular formula is C23H27N5O2.